The normalized spacial score (nSPS) is 13.9. The van der Waals surface area contributed by atoms with Gasteiger partial charge in [0.1, 0.15) is 11.5 Å². The summed E-state index contributed by atoms with van der Waals surface area (Å²) in [5, 5.41) is 5.33. The highest BCUT2D eigenvalue weighted by Crippen LogP contribution is 2.34. The lowest BCUT2D eigenvalue weighted by molar-refractivity contribution is -0.127. The van der Waals surface area contributed by atoms with Crippen LogP contribution in [0.1, 0.15) is 25.7 Å². The van der Waals surface area contributed by atoms with E-state index in [0.29, 0.717) is 22.6 Å². The van der Waals surface area contributed by atoms with E-state index in [1.54, 1.807) is 30.3 Å². The summed E-state index contributed by atoms with van der Waals surface area (Å²) in [5.41, 5.74) is 1.42. The third kappa shape index (κ3) is 5.68. The van der Waals surface area contributed by atoms with E-state index in [1.807, 2.05) is 0 Å². The van der Waals surface area contributed by atoms with Gasteiger partial charge in [-0.3, -0.25) is 9.59 Å². The summed E-state index contributed by atoms with van der Waals surface area (Å²) in [5.74, 6) is 0.0808. The number of ether oxygens (including phenoxy) is 2. The van der Waals surface area contributed by atoms with Crippen molar-refractivity contribution in [1.29, 1.82) is 0 Å². The average Bonchev–Trinajstić information content (AvgIpc) is 3.28. The third-order valence-electron chi connectivity index (χ3n) is 5.03. The quantitative estimate of drug-likeness (QED) is 0.673. The van der Waals surface area contributed by atoms with Crippen LogP contribution in [-0.4, -0.2) is 32.1 Å². The summed E-state index contributed by atoms with van der Waals surface area (Å²) >= 11 is 0. The van der Waals surface area contributed by atoms with Crippen molar-refractivity contribution in [3.8, 4) is 22.6 Å². The number of hydrogen-bond donors (Lipinski definition) is 2. The number of alkyl halides is 2. The lowest BCUT2D eigenvalue weighted by atomic mass is 10.0. The predicted molar refractivity (Wildman–Crippen MR) is 109 cm³/mol. The number of benzene rings is 2. The number of nitrogens with one attached hydrogen (secondary N) is 2. The van der Waals surface area contributed by atoms with Crippen LogP contribution in [0.5, 0.6) is 11.5 Å². The number of carbonyl (C=O) groups excluding carboxylic acids is 2. The lowest BCUT2D eigenvalue weighted by Gasteiger charge is -2.14. The molecule has 2 aromatic rings. The van der Waals surface area contributed by atoms with E-state index in [4.69, 9.17) is 4.74 Å². The molecule has 0 bridgehead atoms. The Morgan fingerprint density at radius 2 is 1.80 bits per heavy atom. The first-order valence-electron chi connectivity index (χ1n) is 9.77. The number of carbonyl (C=O) groups is 2. The van der Waals surface area contributed by atoms with Crippen LogP contribution in [0.15, 0.2) is 42.5 Å². The SMILES string of the molecule is COc1ccc(-c2cc(NC(=O)CNC(=O)C3CCCC3)ccc2OC(F)F)cc1. The van der Waals surface area contributed by atoms with Gasteiger partial charge in [0.15, 0.2) is 0 Å². The van der Waals surface area contributed by atoms with Crippen LogP contribution in [0.4, 0.5) is 14.5 Å². The summed E-state index contributed by atoms with van der Waals surface area (Å²) in [6, 6.07) is 11.2. The number of amides is 2. The van der Waals surface area contributed by atoms with Crippen molar-refractivity contribution in [2.75, 3.05) is 19.0 Å². The molecule has 0 radical (unpaired) electrons. The van der Waals surface area contributed by atoms with Crippen molar-refractivity contribution in [1.82, 2.24) is 5.32 Å². The van der Waals surface area contributed by atoms with E-state index in [-0.39, 0.29) is 24.1 Å². The van der Waals surface area contributed by atoms with E-state index >= 15 is 0 Å². The fraction of sp³-hybridized carbons (Fsp3) is 0.364. The zero-order chi connectivity index (χ0) is 21.5. The third-order valence-corrected chi connectivity index (χ3v) is 5.03. The number of hydrogen-bond acceptors (Lipinski definition) is 4. The molecule has 3 rings (SSSR count). The van der Waals surface area contributed by atoms with Gasteiger partial charge in [-0.15, -0.1) is 0 Å². The van der Waals surface area contributed by atoms with Crippen LogP contribution in [-0.2, 0) is 9.59 Å². The van der Waals surface area contributed by atoms with Crippen LogP contribution in [0.2, 0.25) is 0 Å². The van der Waals surface area contributed by atoms with E-state index in [1.165, 1.54) is 19.2 Å². The largest absolute Gasteiger partial charge is 0.497 e. The van der Waals surface area contributed by atoms with Gasteiger partial charge >= 0.3 is 6.61 Å². The zero-order valence-corrected chi connectivity index (χ0v) is 16.6. The van der Waals surface area contributed by atoms with Crippen molar-refractivity contribution in [3.05, 3.63) is 42.5 Å². The summed E-state index contributed by atoms with van der Waals surface area (Å²) in [4.78, 5) is 24.3. The van der Waals surface area contributed by atoms with Gasteiger partial charge in [0.05, 0.1) is 13.7 Å². The van der Waals surface area contributed by atoms with Gasteiger partial charge in [-0.25, -0.2) is 0 Å². The van der Waals surface area contributed by atoms with Crippen LogP contribution in [0, 0.1) is 5.92 Å². The summed E-state index contributed by atoms with van der Waals surface area (Å²) in [6.45, 7) is -3.13. The molecule has 2 N–H and O–H groups in total. The Hall–Kier alpha value is -3.16. The van der Waals surface area contributed by atoms with Crippen molar-refractivity contribution < 1.29 is 27.8 Å². The maximum absolute atomic E-state index is 12.8. The van der Waals surface area contributed by atoms with Crippen molar-refractivity contribution in [3.63, 3.8) is 0 Å². The second kappa shape index (κ2) is 10.0. The molecule has 0 atom stereocenters. The Morgan fingerprint density at radius 1 is 1.10 bits per heavy atom. The standard InChI is InChI=1S/C22H24F2N2O4/c1-29-17-9-6-14(7-10-17)18-12-16(8-11-19(18)30-22(23)24)26-20(27)13-25-21(28)15-4-2-3-5-15/h6-12,15,22H,2-5,13H2,1H3,(H,25,28)(H,26,27). The second-order valence-electron chi connectivity index (χ2n) is 7.07. The highest BCUT2D eigenvalue weighted by atomic mass is 19.3. The summed E-state index contributed by atoms with van der Waals surface area (Å²) < 4.78 is 35.3. The average molecular weight is 418 g/mol. The molecule has 1 aliphatic rings. The van der Waals surface area contributed by atoms with Gasteiger partial charge in [-0.1, -0.05) is 25.0 Å². The molecule has 0 aliphatic heterocycles. The maximum atomic E-state index is 12.8. The molecule has 30 heavy (non-hydrogen) atoms. The van der Waals surface area contributed by atoms with Gasteiger partial charge in [-0.2, -0.15) is 8.78 Å². The number of anilines is 1. The Bertz CT molecular complexity index is 881. The minimum absolute atomic E-state index is 0.0114. The Balaban J connectivity index is 1.71. The van der Waals surface area contributed by atoms with E-state index in [0.717, 1.165) is 25.7 Å². The van der Waals surface area contributed by atoms with Gasteiger partial charge in [0.25, 0.3) is 0 Å². The number of halogens is 2. The first-order chi connectivity index (χ1) is 14.5. The smallest absolute Gasteiger partial charge is 0.387 e. The van der Waals surface area contributed by atoms with Gasteiger partial charge in [0, 0.05) is 17.2 Å². The molecule has 0 spiro atoms. The molecule has 1 fully saturated rings. The molecular weight excluding hydrogens is 394 g/mol. The molecule has 0 saturated heterocycles. The van der Waals surface area contributed by atoms with Crippen molar-refractivity contribution in [2.24, 2.45) is 5.92 Å². The molecule has 0 aromatic heterocycles. The summed E-state index contributed by atoms with van der Waals surface area (Å²) in [7, 11) is 1.53. The minimum Gasteiger partial charge on any atom is -0.497 e. The van der Waals surface area contributed by atoms with Crippen LogP contribution >= 0.6 is 0 Å². The lowest BCUT2D eigenvalue weighted by Crippen LogP contribution is -2.36. The van der Waals surface area contributed by atoms with E-state index in [2.05, 4.69) is 15.4 Å². The van der Waals surface area contributed by atoms with Crippen LogP contribution in [0.3, 0.4) is 0 Å². The van der Waals surface area contributed by atoms with E-state index in [9.17, 15) is 18.4 Å². The summed E-state index contributed by atoms with van der Waals surface area (Å²) in [6.07, 6.45) is 3.77. The monoisotopic (exact) mass is 418 g/mol. The number of methoxy groups -OCH3 is 1. The van der Waals surface area contributed by atoms with Crippen LogP contribution < -0.4 is 20.1 Å². The second-order valence-corrected chi connectivity index (χ2v) is 7.07. The molecule has 1 aliphatic carbocycles. The molecule has 1 saturated carbocycles. The fourth-order valence-electron chi connectivity index (χ4n) is 3.51. The zero-order valence-electron chi connectivity index (χ0n) is 16.6. The molecule has 8 heteroatoms. The topological polar surface area (TPSA) is 76.7 Å². The van der Waals surface area contributed by atoms with E-state index < -0.39 is 12.5 Å². The molecule has 6 nitrogen and oxygen atoms in total. The number of rotatable bonds is 8. The molecule has 160 valence electrons. The first-order valence-corrected chi connectivity index (χ1v) is 9.77. The van der Waals surface area contributed by atoms with Gasteiger partial charge in [0.2, 0.25) is 11.8 Å². The van der Waals surface area contributed by atoms with Gasteiger partial charge in [-0.05, 0) is 48.7 Å². The molecule has 0 heterocycles. The highest BCUT2D eigenvalue weighted by molar-refractivity contribution is 5.95. The van der Waals surface area contributed by atoms with Crippen molar-refractivity contribution >= 4 is 17.5 Å². The molecular formula is C22H24F2N2O4. The molecule has 0 unspecified atom stereocenters. The maximum Gasteiger partial charge on any atom is 0.387 e. The first kappa shape index (κ1) is 21.5. The highest BCUT2D eigenvalue weighted by Gasteiger charge is 2.22. The Morgan fingerprint density at radius 3 is 2.43 bits per heavy atom. The molecule has 2 amide bonds. The molecule has 2 aromatic carbocycles. The van der Waals surface area contributed by atoms with Crippen LogP contribution in [0.25, 0.3) is 11.1 Å². The minimum atomic E-state index is -2.98. The fourth-order valence-corrected chi connectivity index (χ4v) is 3.51. The van der Waals surface area contributed by atoms with Gasteiger partial charge < -0.3 is 20.1 Å². The Labute approximate surface area is 173 Å². The Kier molecular flexibility index (Phi) is 7.21. The van der Waals surface area contributed by atoms with Crippen molar-refractivity contribution in [2.45, 2.75) is 32.3 Å². The predicted octanol–water partition coefficient (Wildman–Crippen LogP) is 4.21.